The van der Waals surface area contributed by atoms with Crippen molar-refractivity contribution in [2.75, 3.05) is 32.1 Å². The second-order valence-corrected chi connectivity index (χ2v) is 6.62. The fourth-order valence-corrected chi connectivity index (χ4v) is 3.40. The van der Waals surface area contributed by atoms with E-state index in [4.69, 9.17) is 4.74 Å². The molecular weight excluding hydrogens is 330 g/mol. The molecule has 6 nitrogen and oxygen atoms in total. The number of likely N-dealkylation sites (tertiary alicyclic amines) is 1. The Morgan fingerprint density at radius 3 is 2.88 bits per heavy atom. The molecule has 0 aliphatic carbocycles. The first-order chi connectivity index (χ1) is 12.6. The van der Waals surface area contributed by atoms with Gasteiger partial charge >= 0.3 is 6.03 Å². The molecule has 1 heterocycles. The predicted octanol–water partition coefficient (Wildman–Crippen LogP) is 3.27. The SMILES string of the molecule is C=CCNC(=O)C[C@@H]1CCN(C(=O)Nc2cccc(OC)c2)C[C@@H]1CC. The van der Waals surface area contributed by atoms with Gasteiger partial charge in [-0.2, -0.15) is 0 Å². The molecular formula is C20H29N3O3. The van der Waals surface area contributed by atoms with Gasteiger partial charge in [0.25, 0.3) is 0 Å². The van der Waals surface area contributed by atoms with Crippen LogP contribution in [0.4, 0.5) is 10.5 Å². The Kier molecular flexibility index (Phi) is 7.51. The third-order valence-corrected chi connectivity index (χ3v) is 4.92. The number of piperidine rings is 1. The highest BCUT2D eigenvalue weighted by Gasteiger charge is 2.31. The molecule has 0 bridgehead atoms. The Balaban J connectivity index is 1.91. The van der Waals surface area contributed by atoms with E-state index in [1.807, 2.05) is 23.1 Å². The minimum Gasteiger partial charge on any atom is -0.497 e. The number of nitrogens with zero attached hydrogens (tertiary/aromatic N) is 1. The van der Waals surface area contributed by atoms with E-state index in [0.29, 0.717) is 49.3 Å². The molecule has 3 amide bonds. The normalized spacial score (nSPS) is 19.5. The minimum absolute atomic E-state index is 0.0580. The molecule has 0 radical (unpaired) electrons. The highest BCUT2D eigenvalue weighted by Crippen LogP contribution is 2.29. The van der Waals surface area contributed by atoms with Crippen molar-refractivity contribution in [1.82, 2.24) is 10.2 Å². The molecule has 0 unspecified atom stereocenters. The molecule has 0 saturated carbocycles. The summed E-state index contributed by atoms with van der Waals surface area (Å²) in [6, 6.07) is 7.22. The quantitative estimate of drug-likeness (QED) is 0.734. The van der Waals surface area contributed by atoms with Crippen molar-refractivity contribution in [1.29, 1.82) is 0 Å². The summed E-state index contributed by atoms with van der Waals surface area (Å²) in [6.07, 6.45) is 3.98. The average Bonchev–Trinajstić information content (AvgIpc) is 2.66. The van der Waals surface area contributed by atoms with Crippen LogP contribution in [0.3, 0.4) is 0 Å². The molecule has 0 spiro atoms. The van der Waals surface area contributed by atoms with Crippen molar-refractivity contribution in [2.45, 2.75) is 26.2 Å². The van der Waals surface area contributed by atoms with E-state index in [9.17, 15) is 9.59 Å². The fraction of sp³-hybridized carbons (Fsp3) is 0.500. The van der Waals surface area contributed by atoms with Crippen LogP contribution in [0, 0.1) is 11.8 Å². The van der Waals surface area contributed by atoms with Crippen molar-refractivity contribution in [3.63, 3.8) is 0 Å². The third-order valence-electron chi connectivity index (χ3n) is 4.92. The Labute approximate surface area is 155 Å². The number of hydrogen-bond acceptors (Lipinski definition) is 3. The number of rotatable bonds is 7. The Morgan fingerprint density at radius 2 is 2.19 bits per heavy atom. The monoisotopic (exact) mass is 359 g/mol. The maximum absolute atomic E-state index is 12.6. The van der Waals surface area contributed by atoms with Gasteiger partial charge in [0.15, 0.2) is 0 Å². The molecule has 1 aromatic rings. The van der Waals surface area contributed by atoms with Crippen molar-refractivity contribution >= 4 is 17.6 Å². The average molecular weight is 359 g/mol. The minimum atomic E-state index is -0.105. The van der Waals surface area contributed by atoms with Gasteiger partial charge in [0, 0.05) is 37.8 Å². The van der Waals surface area contributed by atoms with Crippen molar-refractivity contribution < 1.29 is 14.3 Å². The van der Waals surface area contributed by atoms with Crippen LogP contribution in [-0.4, -0.2) is 43.6 Å². The largest absolute Gasteiger partial charge is 0.497 e. The number of hydrogen-bond donors (Lipinski definition) is 2. The number of amides is 3. The number of benzene rings is 1. The molecule has 1 fully saturated rings. The Hall–Kier alpha value is -2.50. The molecule has 2 N–H and O–H groups in total. The van der Waals surface area contributed by atoms with Crippen LogP contribution < -0.4 is 15.4 Å². The van der Waals surface area contributed by atoms with Crippen LogP contribution in [-0.2, 0) is 4.79 Å². The summed E-state index contributed by atoms with van der Waals surface area (Å²) in [4.78, 5) is 26.4. The van der Waals surface area contributed by atoms with E-state index in [1.165, 1.54) is 0 Å². The van der Waals surface area contributed by atoms with E-state index in [-0.39, 0.29) is 11.9 Å². The van der Waals surface area contributed by atoms with Crippen LogP contribution in [0.2, 0.25) is 0 Å². The van der Waals surface area contributed by atoms with Crippen molar-refractivity contribution in [2.24, 2.45) is 11.8 Å². The first-order valence-corrected chi connectivity index (χ1v) is 9.15. The summed E-state index contributed by atoms with van der Waals surface area (Å²) in [7, 11) is 1.60. The van der Waals surface area contributed by atoms with Gasteiger partial charge in [-0.05, 0) is 30.4 Å². The molecule has 2 atom stereocenters. The standard InChI is InChI=1S/C20H29N3O3/c1-4-10-21-19(24)12-16-9-11-23(14-15(16)5-2)20(25)22-17-7-6-8-18(13-17)26-3/h4,6-8,13,15-16H,1,5,9-12,14H2,2-3H3,(H,21,24)(H,22,25)/t15-,16-/m0/s1. The summed E-state index contributed by atoms with van der Waals surface area (Å²) >= 11 is 0. The van der Waals surface area contributed by atoms with Gasteiger partial charge in [0.2, 0.25) is 5.91 Å². The van der Waals surface area contributed by atoms with Gasteiger partial charge < -0.3 is 20.3 Å². The van der Waals surface area contributed by atoms with Crippen molar-refractivity contribution in [3.05, 3.63) is 36.9 Å². The van der Waals surface area contributed by atoms with Crippen molar-refractivity contribution in [3.8, 4) is 5.75 Å². The highest BCUT2D eigenvalue weighted by atomic mass is 16.5. The molecule has 26 heavy (non-hydrogen) atoms. The first-order valence-electron chi connectivity index (χ1n) is 9.15. The molecule has 142 valence electrons. The lowest BCUT2D eigenvalue weighted by Crippen LogP contribution is -2.46. The summed E-state index contributed by atoms with van der Waals surface area (Å²) in [5.41, 5.74) is 0.716. The smallest absolute Gasteiger partial charge is 0.321 e. The summed E-state index contributed by atoms with van der Waals surface area (Å²) < 4.78 is 5.19. The number of ether oxygens (including phenoxy) is 1. The van der Waals surface area contributed by atoms with Gasteiger partial charge in [-0.1, -0.05) is 25.5 Å². The summed E-state index contributed by atoms with van der Waals surface area (Å²) in [5.74, 6) is 1.40. The predicted molar refractivity (Wildman–Crippen MR) is 103 cm³/mol. The maximum atomic E-state index is 12.6. The topological polar surface area (TPSA) is 70.7 Å². The van der Waals surface area contributed by atoms with Crippen LogP contribution in [0.25, 0.3) is 0 Å². The molecule has 6 heteroatoms. The second kappa shape index (κ2) is 9.85. The van der Waals surface area contributed by atoms with Gasteiger partial charge in [-0.3, -0.25) is 4.79 Å². The van der Waals surface area contributed by atoms with Gasteiger partial charge in [0.1, 0.15) is 5.75 Å². The number of urea groups is 1. The number of nitrogens with one attached hydrogen (secondary N) is 2. The van der Waals surface area contributed by atoms with E-state index in [1.54, 1.807) is 19.3 Å². The van der Waals surface area contributed by atoms with Crippen LogP contribution in [0.5, 0.6) is 5.75 Å². The molecule has 1 aromatic carbocycles. The van der Waals surface area contributed by atoms with E-state index < -0.39 is 0 Å². The zero-order valence-electron chi connectivity index (χ0n) is 15.7. The lowest BCUT2D eigenvalue weighted by atomic mass is 9.81. The zero-order valence-corrected chi connectivity index (χ0v) is 15.7. The first kappa shape index (κ1) is 19.8. The fourth-order valence-electron chi connectivity index (χ4n) is 3.40. The number of carbonyl (C=O) groups excluding carboxylic acids is 2. The van der Waals surface area contributed by atoms with Crippen LogP contribution in [0.15, 0.2) is 36.9 Å². The number of methoxy groups -OCH3 is 1. The number of anilines is 1. The zero-order chi connectivity index (χ0) is 18.9. The van der Waals surface area contributed by atoms with Gasteiger partial charge in [0.05, 0.1) is 7.11 Å². The summed E-state index contributed by atoms with van der Waals surface area (Å²) in [6.45, 7) is 7.55. The molecule has 2 rings (SSSR count). The second-order valence-electron chi connectivity index (χ2n) is 6.62. The van der Waals surface area contributed by atoms with Gasteiger partial charge in [-0.15, -0.1) is 6.58 Å². The van der Waals surface area contributed by atoms with E-state index in [2.05, 4.69) is 24.1 Å². The highest BCUT2D eigenvalue weighted by molar-refractivity contribution is 5.89. The van der Waals surface area contributed by atoms with Gasteiger partial charge in [-0.25, -0.2) is 4.79 Å². The Bertz CT molecular complexity index is 632. The van der Waals surface area contributed by atoms with Crippen LogP contribution >= 0.6 is 0 Å². The van der Waals surface area contributed by atoms with Crippen LogP contribution in [0.1, 0.15) is 26.2 Å². The Morgan fingerprint density at radius 1 is 1.38 bits per heavy atom. The lowest BCUT2D eigenvalue weighted by molar-refractivity contribution is -0.122. The maximum Gasteiger partial charge on any atom is 0.321 e. The lowest BCUT2D eigenvalue weighted by Gasteiger charge is -2.38. The molecule has 1 aliphatic heterocycles. The third kappa shape index (κ3) is 5.51. The van der Waals surface area contributed by atoms with E-state index in [0.717, 1.165) is 12.8 Å². The van der Waals surface area contributed by atoms with E-state index >= 15 is 0 Å². The molecule has 1 aliphatic rings. The number of carbonyl (C=O) groups is 2. The summed E-state index contributed by atoms with van der Waals surface area (Å²) in [5, 5.41) is 5.77. The molecule has 0 aromatic heterocycles. The molecule has 1 saturated heterocycles.